The van der Waals surface area contributed by atoms with E-state index in [1.165, 1.54) is 29.2 Å². The minimum atomic E-state index is -3.51. The summed E-state index contributed by atoms with van der Waals surface area (Å²) in [6.07, 6.45) is 2.11. The number of hydrogen-bond acceptors (Lipinski definition) is 4. The first-order valence-electron chi connectivity index (χ1n) is 10.6. The molecule has 34 heavy (non-hydrogen) atoms. The Morgan fingerprint density at radius 3 is 2.56 bits per heavy atom. The van der Waals surface area contributed by atoms with Crippen LogP contribution >= 0.6 is 11.6 Å². The highest BCUT2D eigenvalue weighted by atomic mass is 35.5. The molecule has 1 fully saturated rings. The SMILES string of the molecule is CS(=O)(=O)c1ccccc1-c1ccc(N2CCCC(NC(=O)c3cccc(Cl)c3)C2=O)c(F)c1. The Morgan fingerprint density at radius 1 is 1.09 bits per heavy atom. The zero-order chi connectivity index (χ0) is 24.5. The number of nitrogens with one attached hydrogen (secondary N) is 1. The Bertz CT molecular complexity index is 1380. The molecule has 1 aliphatic rings. The highest BCUT2D eigenvalue weighted by molar-refractivity contribution is 7.90. The second kappa shape index (κ2) is 9.56. The molecule has 9 heteroatoms. The normalized spacial score (nSPS) is 16.4. The van der Waals surface area contributed by atoms with E-state index in [0.29, 0.717) is 41.1 Å². The van der Waals surface area contributed by atoms with Crippen molar-refractivity contribution in [1.29, 1.82) is 0 Å². The van der Waals surface area contributed by atoms with Crippen molar-refractivity contribution in [2.75, 3.05) is 17.7 Å². The summed E-state index contributed by atoms with van der Waals surface area (Å²) in [5, 5.41) is 3.12. The molecule has 1 aliphatic heterocycles. The molecule has 3 aromatic carbocycles. The third-order valence-corrected chi connectivity index (χ3v) is 7.06. The Hall–Kier alpha value is -3.23. The number of nitrogens with zero attached hydrogens (tertiary/aromatic N) is 1. The van der Waals surface area contributed by atoms with Crippen molar-refractivity contribution in [3.05, 3.63) is 83.1 Å². The molecule has 0 radical (unpaired) electrons. The summed E-state index contributed by atoms with van der Waals surface area (Å²) < 4.78 is 39.4. The molecule has 0 aliphatic carbocycles. The summed E-state index contributed by atoms with van der Waals surface area (Å²) in [5.74, 6) is -1.50. The molecule has 0 spiro atoms. The first-order chi connectivity index (χ1) is 16.1. The van der Waals surface area contributed by atoms with Crippen LogP contribution in [0, 0.1) is 5.82 Å². The molecule has 0 bridgehead atoms. The molecule has 1 unspecified atom stereocenters. The van der Waals surface area contributed by atoms with Crippen molar-refractivity contribution in [1.82, 2.24) is 5.32 Å². The van der Waals surface area contributed by atoms with Crippen molar-refractivity contribution in [3.63, 3.8) is 0 Å². The molecule has 4 rings (SSSR count). The molecule has 176 valence electrons. The summed E-state index contributed by atoms with van der Waals surface area (Å²) in [4.78, 5) is 27.1. The lowest BCUT2D eigenvalue weighted by molar-refractivity contribution is -0.121. The maximum atomic E-state index is 15.2. The van der Waals surface area contributed by atoms with Crippen LogP contribution < -0.4 is 10.2 Å². The second-order valence-corrected chi connectivity index (χ2v) is 10.5. The van der Waals surface area contributed by atoms with Gasteiger partial charge >= 0.3 is 0 Å². The zero-order valence-corrected chi connectivity index (χ0v) is 19.9. The first kappa shape index (κ1) is 23.9. The summed E-state index contributed by atoms with van der Waals surface area (Å²) in [6.45, 7) is 0.304. The number of anilines is 1. The Kier molecular flexibility index (Phi) is 6.72. The topological polar surface area (TPSA) is 83.6 Å². The van der Waals surface area contributed by atoms with E-state index in [0.717, 1.165) is 6.26 Å². The van der Waals surface area contributed by atoms with Gasteiger partial charge in [0.2, 0.25) is 5.91 Å². The predicted molar refractivity (Wildman–Crippen MR) is 129 cm³/mol. The van der Waals surface area contributed by atoms with Gasteiger partial charge in [-0.1, -0.05) is 41.9 Å². The zero-order valence-electron chi connectivity index (χ0n) is 18.3. The third kappa shape index (κ3) is 4.98. The lowest BCUT2D eigenvalue weighted by Gasteiger charge is -2.33. The smallest absolute Gasteiger partial charge is 0.251 e. The summed E-state index contributed by atoms with van der Waals surface area (Å²) in [7, 11) is -3.51. The fourth-order valence-corrected chi connectivity index (χ4v) is 5.14. The second-order valence-electron chi connectivity index (χ2n) is 8.10. The van der Waals surface area contributed by atoms with E-state index in [1.807, 2.05) is 0 Å². The molecule has 1 atom stereocenters. The van der Waals surface area contributed by atoms with Crippen LogP contribution in [0.4, 0.5) is 10.1 Å². The monoisotopic (exact) mass is 500 g/mol. The van der Waals surface area contributed by atoms with Crippen molar-refractivity contribution in [2.45, 2.75) is 23.8 Å². The standard InChI is InChI=1S/C25H22ClFN2O4S/c1-34(32,33)23-10-3-2-8-19(23)16-11-12-22(20(27)15-16)29-13-5-9-21(25(29)31)28-24(30)17-6-4-7-18(26)14-17/h2-4,6-8,10-12,14-15,21H,5,9,13H2,1H3,(H,28,30). The molecular formula is C25H22ClFN2O4S. The van der Waals surface area contributed by atoms with E-state index in [9.17, 15) is 18.0 Å². The molecule has 0 aromatic heterocycles. The number of piperidine rings is 1. The minimum absolute atomic E-state index is 0.0762. The number of carbonyl (C=O) groups is 2. The average Bonchev–Trinajstić information content (AvgIpc) is 2.80. The van der Waals surface area contributed by atoms with E-state index in [4.69, 9.17) is 11.6 Å². The number of halogens is 2. The van der Waals surface area contributed by atoms with Crippen molar-refractivity contribution in [3.8, 4) is 11.1 Å². The molecule has 6 nitrogen and oxygen atoms in total. The largest absolute Gasteiger partial charge is 0.340 e. The Balaban J connectivity index is 1.58. The van der Waals surface area contributed by atoms with E-state index in [1.54, 1.807) is 42.5 Å². The van der Waals surface area contributed by atoms with Gasteiger partial charge in [-0.3, -0.25) is 9.59 Å². The molecule has 0 saturated carbocycles. The van der Waals surface area contributed by atoms with E-state index in [-0.39, 0.29) is 10.6 Å². The van der Waals surface area contributed by atoms with Crippen molar-refractivity contribution >= 4 is 38.9 Å². The van der Waals surface area contributed by atoms with E-state index < -0.39 is 33.5 Å². The van der Waals surface area contributed by atoms with Crippen LogP contribution in [0.3, 0.4) is 0 Å². The lowest BCUT2D eigenvalue weighted by atomic mass is 10.0. The number of hydrogen-bond donors (Lipinski definition) is 1. The molecule has 1 N–H and O–H groups in total. The van der Waals surface area contributed by atoms with Crippen LogP contribution in [0.5, 0.6) is 0 Å². The quantitative estimate of drug-likeness (QED) is 0.560. The Labute approximate surface area is 202 Å². The van der Waals surface area contributed by atoms with Gasteiger partial charge < -0.3 is 10.2 Å². The molecule has 1 heterocycles. The molecular weight excluding hydrogens is 479 g/mol. The number of carbonyl (C=O) groups excluding carboxylic acids is 2. The summed E-state index contributed by atoms with van der Waals surface area (Å²) in [5.41, 5.74) is 1.18. The lowest BCUT2D eigenvalue weighted by Crippen LogP contribution is -2.52. The van der Waals surface area contributed by atoms with Gasteiger partial charge in [0, 0.05) is 29.0 Å². The van der Waals surface area contributed by atoms with E-state index >= 15 is 4.39 Å². The maximum Gasteiger partial charge on any atom is 0.251 e. The van der Waals surface area contributed by atoms with Crippen LogP contribution in [-0.2, 0) is 14.6 Å². The third-order valence-electron chi connectivity index (χ3n) is 5.67. The predicted octanol–water partition coefficient (Wildman–Crippen LogP) is 4.48. The van der Waals surface area contributed by atoms with Crippen LogP contribution in [-0.4, -0.2) is 39.1 Å². The summed E-state index contributed by atoms with van der Waals surface area (Å²) in [6, 6.07) is 16.2. The van der Waals surface area contributed by atoms with Gasteiger partial charge in [-0.05, 0) is 54.8 Å². The molecule has 2 amide bonds. The van der Waals surface area contributed by atoms with Gasteiger partial charge in [0.15, 0.2) is 9.84 Å². The average molecular weight is 501 g/mol. The fourth-order valence-electron chi connectivity index (χ4n) is 4.04. The highest BCUT2D eigenvalue weighted by Gasteiger charge is 2.32. The number of rotatable bonds is 5. The van der Waals surface area contributed by atoms with Gasteiger partial charge in [0.25, 0.3) is 5.91 Å². The van der Waals surface area contributed by atoms with Gasteiger partial charge in [-0.2, -0.15) is 0 Å². The fraction of sp³-hybridized carbons (Fsp3) is 0.200. The maximum absolute atomic E-state index is 15.2. The molecule has 3 aromatic rings. The van der Waals surface area contributed by atoms with Crippen LogP contribution in [0.15, 0.2) is 71.6 Å². The van der Waals surface area contributed by atoms with Crippen LogP contribution in [0.1, 0.15) is 23.2 Å². The van der Waals surface area contributed by atoms with Crippen molar-refractivity contribution < 1.29 is 22.4 Å². The number of benzene rings is 3. The Morgan fingerprint density at radius 2 is 1.85 bits per heavy atom. The van der Waals surface area contributed by atoms with Gasteiger partial charge in [0.05, 0.1) is 10.6 Å². The van der Waals surface area contributed by atoms with Gasteiger partial charge in [-0.15, -0.1) is 0 Å². The van der Waals surface area contributed by atoms with Gasteiger partial charge in [-0.25, -0.2) is 12.8 Å². The highest BCUT2D eigenvalue weighted by Crippen LogP contribution is 2.32. The summed E-state index contributed by atoms with van der Waals surface area (Å²) >= 11 is 5.94. The van der Waals surface area contributed by atoms with Crippen LogP contribution in [0.2, 0.25) is 5.02 Å². The van der Waals surface area contributed by atoms with E-state index in [2.05, 4.69) is 5.32 Å². The van der Waals surface area contributed by atoms with Crippen molar-refractivity contribution in [2.24, 2.45) is 0 Å². The van der Waals surface area contributed by atoms with Crippen LogP contribution in [0.25, 0.3) is 11.1 Å². The number of amides is 2. The first-order valence-corrected chi connectivity index (χ1v) is 12.9. The molecule has 1 saturated heterocycles. The van der Waals surface area contributed by atoms with Gasteiger partial charge in [0.1, 0.15) is 11.9 Å². The minimum Gasteiger partial charge on any atom is -0.340 e. The number of sulfone groups is 1.